The van der Waals surface area contributed by atoms with Crippen molar-refractivity contribution in [2.24, 2.45) is 0 Å². The largest absolute Gasteiger partial charge is 0.480 e. The Morgan fingerprint density at radius 3 is 3.00 bits per heavy atom. The van der Waals surface area contributed by atoms with Crippen molar-refractivity contribution >= 4 is 35.1 Å². The highest BCUT2D eigenvalue weighted by Crippen LogP contribution is 1.98. The highest BCUT2D eigenvalue weighted by Gasteiger charge is 2.16. The summed E-state index contributed by atoms with van der Waals surface area (Å²) in [5, 5.41) is 11.3. The molecule has 76 valence electrons. The molecule has 0 amide bonds. The lowest BCUT2D eigenvalue weighted by Crippen LogP contribution is -2.40. The van der Waals surface area contributed by atoms with E-state index in [1.54, 1.807) is 6.20 Å². The fourth-order valence-electron chi connectivity index (χ4n) is 0.959. The number of aliphatic carboxylic acids is 1. The molecule has 3 N–H and O–H groups in total. The topological polar surface area (TPSA) is 78.0 Å². The van der Waals surface area contributed by atoms with Gasteiger partial charge in [-0.2, -0.15) is 0 Å². The molecule has 0 bridgehead atoms. The van der Waals surface area contributed by atoms with Crippen LogP contribution >= 0.6 is 12.2 Å². The number of imidazole rings is 1. The minimum atomic E-state index is -0.994. The van der Waals surface area contributed by atoms with Crippen molar-refractivity contribution < 1.29 is 9.90 Å². The first-order valence-electron chi connectivity index (χ1n) is 3.77. The first-order valence-corrected chi connectivity index (χ1v) is 4.59. The second-order valence-electron chi connectivity index (χ2n) is 2.60. The van der Waals surface area contributed by atoms with Crippen LogP contribution in [0.25, 0.3) is 0 Å². The van der Waals surface area contributed by atoms with Gasteiger partial charge in [0, 0.05) is 18.3 Å². The summed E-state index contributed by atoms with van der Waals surface area (Å²) in [4.78, 5) is 17.3. The Hall–Kier alpha value is -1.21. The maximum Gasteiger partial charge on any atom is 0.326 e. The van der Waals surface area contributed by atoms with Gasteiger partial charge in [0.25, 0.3) is 0 Å². The van der Waals surface area contributed by atoms with Crippen LogP contribution in [-0.4, -0.2) is 31.4 Å². The number of hydrogen-bond acceptors (Lipinski definition) is 4. The SMILES string of the molecule is O=C(O)[C@H](Cc1cnc[nH]1)NC(=S)[S-]. The number of carboxylic acid groups (broad SMARTS) is 1. The quantitative estimate of drug-likeness (QED) is 0.492. The molecular formula is C7H8N3O2S2-. The Morgan fingerprint density at radius 1 is 1.86 bits per heavy atom. The molecule has 1 aromatic rings. The van der Waals surface area contributed by atoms with Crippen LogP contribution < -0.4 is 5.32 Å². The predicted octanol–water partition coefficient (Wildman–Crippen LogP) is -0.173. The molecule has 0 saturated heterocycles. The first-order chi connectivity index (χ1) is 6.59. The summed E-state index contributed by atoms with van der Waals surface area (Å²) < 4.78 is 0.0527. The zero-order chi connectivity index (χ0) is 10.6. The average molecular weight is 230 g/mol. The van der Waals surface area contributed by atoms with Gasteiger partial charge < -0.3 is 40.3 Å². The molecule has 7 heteroatoms. The molecule has 1 aromatic heterocycles. The van der Waals surface area contributed by atoms with Gasteiger partial charge in [-0.1, -0.05) is 4.32 Å². The Balaban J connectivity index is 2.60. The van der Waals surface area contributed by atoms with Crippen LogP contribution in [0, 0.1) is 0 Å². The third-order valence-corrected chi connectivity index (χ3v) is 1.80. The number of carboxylic acids is 1. The number of nitrogens with zero attached hydrogens (tertiary/aromatic N) is 1. The van der Waals surface area contributed by atoms with E-state index in [0.717, 1.165) is 5.69 Å². The minimum absolute atomic E-state index is 0.0527. The fraction of sp³-hybridized carbons (Fsp3) is 0.286. The van der Waals surface area contributed by atoms with E-state index in [9.17, 15) is 4.79 Å². The second kappa shape index (κ2) is 4.87. The molecule has 0 spiro atoms. The van der Waals surface area contributed by atoms with Gasteiger partial charge >= 0.3 is 5.97 Å². The molecule has 5 nitrogen and oxygen atoms in total. The summed E-state index contributed by atoms with van der Waals surface area (Å²) in [6.45, 7) is 0. The zero-order valence-electron chi connectivity index (χ0n) is 7.06. The van der Waals surface area contributed by atoms with E-state index in [-0.39, 0.29) is 10.7 Å². The molecule has 1 rings (SSSR count). The molecule has 14 heavy (non-hydrogen) atoms. The highest BCUT2D eigenvalue weighted by atomic mass is 32.1. The molecule has 0 aromatic carbocycles. The van der Waals surface area contributed by atoms with Crippen molar-refractivity contribution in [3.05, 3.63) is 18.2 Å². The van der Waals surface area contributed by atoms with Crippen LogP contribution in [0.2, 0.25) is 0 Å². The van der Waals surface area contributed by atoms with Crippen LogP contribution in [-0.2, 0) is 23.8 Å². The van der Waals surface area contributed by atoms with E-state index in [4.69, 9.17) is 5.11 Å². The van der Waals surface area contributed by atoms with Gasteiger partial charge in [-0.25, -0.2) is 9.78 Å². The van der Waals surface area contributed by atoms with Gasteiger partial charge in [-0.3, -0.25) is 0 Å². The summed E-state index contributed by atoms with van der Waals surface area (Å²) in [6.07, 6.45) is 3.32. The van der Waals surface area contributed by atoms with E-state index >= 15 is 0 Å². The van der Waals surface area contributed by atoms with Crippen molar-refractivity contribution in [3.63, 3.8) is 0 Å². The number of rotatable bonds is 4. The number of hydrogen-bond donors (Lipinski definition) is 3. The summed E-state index contributed by atoms with van der Waals surface area (Å²) in [5.74, 6) is -0.994. The van der Waals surface area contributed by atoms with Crippen molar-refractivity contribution in [2.45, 2.75) is 12.5 Å². The number of H-pyrrole nitrogens is 1. The highest BCUT2D eigenvalue weighted by molar-refractivity contribution is 8.00. The van der Waals surface area contributed by atoms with Crippen LogP contribution in [0.15, 0.2) is 12.5 Å². The Labute approximate surface area is 91.3 Å². The predicted molar refractivity (Wildman–Crippen MR) is 56.8 cm³/mol. The third-order valence-electron chi connectivity index (χ3n) is 1.57. The molecule has 0 unspecified atom stereocenters. The lowest BCUT2D eigenvalue weighted by molar-refractivity contribution is -0.139. The fourth-order valence-corrected chi connectivity index (χ4v) is 1.24. The van der Waals surface area contributed by atoms with Gasteiger partial charge in [-0.05, 0) is 0 Å². The molecular weight excluding hydrogens is 222 g/mol. The first kappa shape index (κ1) is 10.9. The van der Waals surface area contributed by atoms with E-state index < -0.39 is 12.0 Å². The van der Waals surface area contributed by atoms with Gasteiger partial charge in [0.1, 0.15) is 6.04 Å². The molecule has 0 aliphatic heterocycles. The van der Waals surface area contributed by atoms with Crippen molar-refractivity contribution in [2.75, 3.05) is 0 Å². The average Bonchev–Trinajstić information content (AvgIpc) is 2.54. The molecule has 0 aliphatic rings. The third kappa shape index (κ3) is 3.27. The normalized spacial score (nSPS) is 12.0. The smallest absolute Gasteiger partial charge is 0.326 e. The molecule has 0 aliphatic carbocycles. The summed E-state index contributed by atoms with van der Waals surface area (Å²) in [6, 6.07) is -0.805. The Kier molecular flexibility index (Phi) is 3.78. The van der Waals surface area contributed by atoms with Crippen LogP contribution in [0.1, 0.15) is 5.69 Å². The van der Waals surface area contributed by atoms with E-state index in [0.29, 0.717) is 0 Å². The molecule has 0 radical (unpaired) electrons. The Morgan fingerprint density at radius 2 is 2.57 bits per heavy atom. The van der Waals surface area contributed by atoms with Crippen LogP contribution in [0.3, 0.4) is 0 Å². The summed E-state index contributed by atoms with van der Waals surface area (Å²) >= 11 is 9.20. The van der Waals surface area contributed by atoms with Crippen LogP contribution in [0.5, 0.6) is 0 Å². The van der Waals surface area contributed by atoms with Gasteiger partial charge in [0.2, 0.25) is 0 Å². The van der Waals surface area contributed by atoms with Crippen LogP contribution in [0.4, 0.5) is 0 Å². The Bertz CT molecular complexity index is 326. The molecule has 0 fully saturated rings. The summed E-state index contributed by atoms with van der Waals surface area (Å²) in [5.41, 5.74) is 0.719. The second-order valence-corrected chi connectivity index (χ2v) is 3.68. The molecule has 0 saturated carbocycles. The van der Waals surface area contributed by atoms with Crippen molar-refractivity contribution in [1.82, 2.24) is 15.3 Å². The zero-order valence-corrected chi connectivity index (χ0v) is 8.69. The van der Waals surface area contributed by atoms with E-state index in [1.165, 1.54) is 6.33 Å². The van der Waals surface area contributed by atoms with Crippen molar-refractivity contribution in [3.8, 4) is 0 Å². The molecule has 1 atom stereocenters. The van der Waals surface area contributed by atoms with E-state index in [2.05, 4.69) is 40.1 Å². The van der Waals surface area contributed by atoms with Gasteiger partial charge in [0.15, 0.2) is 0 Å². The maximum absolute atomic E-state index is 10.8. The van der Waals surface area contributed by atoms with E-state index in [1.807, 2.05) is 0 Å². The van der Waals surface area contributed by atoms with Crippen molar-refractivity contribution in [1.29, 1.82) is 0 Å². The monoisotopic (exact) mass is 230 g/mol. The number of thiocarbonyl (C=S) groups is 1. The number of carbonyl (C=O) groups is 1. The lowest BCUT2D eigenvalue weighted by Gasteiger charge is -2.17. The summed E-state index contributed by atoms with van der Waals surface area (Å²) in [7, 11) is 0. The molecule has 1 heterocycles. The minimum Gasteiger partial charge on any atom is -0.480 e. The maximum atomic E-state index is 10.8. The number of aromatic nitrogens is 2. The number of aromatic amines is 1. The lowest BCUT2D eigenvalue weighted by atomic mass is 10.2. The van der Waals surface area contributed by atoms with Gasteiger partial charge in [-0.15, -0.1) is 0 Å². The standard InChI is InChI=1S/C7H9N3O2S2/c11-6(12)5(10-7(13)14)1-4-2-8-3-9-4/h2-3,5H,1H2,(H,8,9)(H,11,12)(H2,10,13,14)/p-1/t5-/m0/s1. The van der Waals surface area contributed by atoms with Gasteiger partial charge in [0.05, 0.1) is 6.33 Å². The number of nitrogens with one attached hydrogen (secondary N) is 2.